The first-order valence-corrected chi connectivity index (χ1v) is 7.22. The van der Waals surface area contributed by atoms with Crippen molar-refractivity contribution in [1.82, 2.24) is 0 Å². The van der Waals surface area contributed by atoms with E-state index in [9.17, 15) is 14.9 Å². The third kappa shape index (κ3) is 3.92. The van der Waals surface area contributed by atoms with Crippen LogP contribution in [-0.4, -0.2) is 17.9 Å². The van der Waals surface area contributed by atoms with Gasteiger partial charge in [0, 0.05) is 24.4 Å². The van der Waals surface area contributed by atoms with Crippen molar-refractivity contribution >= 4 is 17.3 Å². The van der Waals surface area contributed by atoms with E-state index < -0.39 is 11.0 Å². The average Bonchev–Trinajstić information content (AvgIpc) is 2.56. The summed E-state index contributed by atoms with van der Waals surface area (Å²) in [6, 6.07) is 13.7. The Balaban J connectivity index is 2.22. The molecule has 0 radical (unpaired) electrons. The molecule has 1 atom stereocenters. The van der Waals surface area contributed by atoms with Crippen LogP contribution < -0.4 is 5.32 Å². The van der Waals surface area contributed by atoms with E-state index in [-0.39, 0.29) is 11.6 Å². The van der Waals surface area contributed by atoms with Gasteiger partial charge in [0.2, 0.25) is 0 Å². The van der Waals surface area contributed by atoms with Crippen LogP contribution in [0.2, 0.25) is 0 Å². The van der Waals surface area contributed by atoms with Gasteiger partial charge in [-0.1, -0.05) is 43.3 Å². The lowest BCUT2D eigenvalue weighted by atomic mass is 10.1. The summed E-state index contributed by atoms with van der Waals surface area (Å²) in [6.45, 7) is 1.84. The van der Waals surface area contributed by atoms with Gasteiger partial charge in [-0.05, 0) is 18.1 Å². The number of nitrogens with one attached hydrogen (secondary N) is 1. The predicted molar refractivity (Wildman–Crippen MR) is 87.3 cm³/mol. The number of rotatable bonds is 6. The lowest BCUT2D eigenvalue weighted by molar-refractivity contribution is -0.385. The molecule has 0 fully saturated rings. The van der Waals surface area contributed by atoms with Crippen LogP contribution in [0.15, 0.2) is 48.5 Å². The number of hydrogen-bond donors (Lipinski definition) is 1. The molecule has 120 valence electrons. The SMILES string of the molecule is CCc1ccc(NC(=O)C(OC)c2ccccc2)cc1[N+](=O)[O-]. The third-order valence-corrected chi connectivity index (χ3v) is 3.51. The topological polar surface area (TPSA) is 81.5 Å². The van der Waals surface area contributed by atoms with Crippen molar-refractivity contribution in [3.8, 4) is 0 Å². The van der Waals surface area contributed by atoms with Crippen LogP contribution in [0, 0.1) is 10.1 Å². The molecule has 6 heteroatoms. The van der Waals surface area contributed by atoms with Gasteiger partial charge in [-0.3, -0.25) is 14.9 Å². The monoisotopic (exact) mass is 314 g/mol. The Morgan fingerprint density at radius 1 is 1.26 bits per heavy atom. The third-order valence-electron chi connectivity index (χ3n) is 3.51. The molecule has 0 aliphatic heterocycles. The fourth-order valence-corrected chi connectivity index (χ4v) is 2.34. The highest BCUT2D eigenvalue weighted by Gasteiger charge is 2.21. The zero-order valence-electron chi connectivity index (χ0n) is 13.0. The second-order valence-corrected chi connectivity index (χ2v) is 4.97. The number of nitrogens with zero attached hydrogens (tertiary/aromatic N) is 1. The number of ether oxygens (including phenoxy) is 1. The number of amides is 1. The number of anilines is 1. The van der Waals surface area contributed by atoms with Gasteiger partial charge in [0.25, 0.3) is 11.6 Å². The van der Waals surface area contributed by atoms with E-state index in [4.69, 9.17) is 4.74 Å². The highest BCUT2D eigenvalue weighted by Crippen LogP contribution is 2.25. The van der Waals surface area contributed by atoms with E-state index in [1.54, 1.807) is 24.3 Å². The summed E-state index contributed by atoms with van der Waals surface area (Å²) in [5, 5.41) is 13.8. The molecule has 0 aliphatic rings. The molecular formula is C17H18N2O4. The molecular weight excluding hydrogens is 296 g/mol. The van der Waals surface area contributed by atoms with Gasteiger partial charge >= 0.3 is 0 Å². The van der Waals surface area contributed by atoms with Gasteiger partial charge in [0.05, 0.1) is 4.92 Å². The van der Waals surface area contributed by atoms with Gasteiger partial charge in [0.15, 0.2) is 6.10 Å². The minimum Gasteiger partial charge on any atom is -0.367 e. The normalized spacial score (nSPS) is 11.7. The van der Waals surface area contributed by atoms with E-state index in [0.29, 0.717) is 23.2 Å². The smallest absolute Gasteiger partial charge is 0.274 e. The highest BCUT2D eigenvalue weighted by molar-refractivity contribution is 5.95. The van der Waals surface area contributed by atoms with E-state index in [0.717, 1.165) is 0 Å². The van der Waals surface area contributed by atoms with Crippen LogP contribution in [0.5, 0.6) is 0 Å². The summed E-state index contributed by atoms with van der Waals surface area (Å²) in [5.74, 6) is -0.378. The number of carbonyl (C=O) groups excluding carboxylic acids is 1. The van der Waals surface area contributed by atoms with Crippen molar-refractivity contribution in [2.45, 2.75) is 19.4 Å². The van der Waals surface area contributed by atoms with E-state index >= 15 is 0 Å². The zero-order valence-corrected chi connectivity index (χ0v) is 13.0. The molecule has 2 aromatic carbocycles. The number of nitro benzene ring substituents is 1. The number of benzene rings is 2. The lowest BCUT2D eigenvalue weighted by Crippen LogP contribution is -2.22. The molecule has 0 saturated carbocycles. The molecule has 1 amide bonds. The van der Waals surface area contributed by atoms with E-state index in [2.05, 4.69) is 5.32 Å². The number of aryl methyl sites for hydroxylation is 1. The maximum Gasteiger partial charge on any atom is 0.274 e. The number of methoxy groups -OCH3 is 1. The minimum atomic E-state index is -0.777. The quantitative estimate of drug-likeness (QED) is 0.653. The zero-order chi connectivity index (χ0) is 16.8. The van der Waals surface area contributed by atoms with Crippen molar-refractivity contribution < 1.29 is 14.5 Å². The molecule has 0 heterocycles. The fourth-order valence-electron chi connectivity index (χ4n) is 2.34. The van der Waals surface area contributed by atoms with E-state index in [1.807, 2.05) is 25.1 Å². The van der Waals surface area contributed by atoms with Crippen molar-refractivity contribution in [3.63, 3.8) is 0 Å². The predicted octanol–water partition coefficient (Wildman–Crippen LogP) is 3.48. The molecule has 2 aromatic rings. The van der Waals surface area contributed by atoms with E-state index in [1.165, 1.54) is 13.2 Å². The van der Waals surface area contributed by atoms with Crippen LogP contribution in [-0.2, 0) is 16.0 Å². The van der Waals surface area contributed by atoms with Crippen molar-refractivity contribution in [3.05, 3.63) is 69.8 Å². The molecule has 0 aliphatic carbocycles. The number of hydrogen-bond acceptors (Lipinski definition) is 4. The van der Waals surface area contributed by atoms with Crippen LogP contribution in [0.3, 0.4) is 0 Å². The second kappa shape index (κ2) is 7.51. The average molecular weight is 314 g/mol. The lowest BCUT2D eigenvalue weighted by Gasteiger charge is -2.15. The molecule has 2 rings (SSSR count). The molecule has 0 aromatic heterocycles. The first-order chi connectivity index (χ1) is 11.1. The summed E-state index contributed by atoms with van der Waals surface area (Å²) in [6.07, 6.45) is -0.226. The Labute approximate surface area is 134 Å². The van der Waals surface area contributed by atoms with Gasteiger partial charge in [-0.15, -0.1) is 0 Å². The molecule has 23 heavy (non-hydrogen) atoms. The fraction of sp³-hybridized carbons (Fsp3) is 0.235. The minimum absolute atomic E-state index is 0.000946. The van der Waals surface area contributed by atoms with Crippen molar-refractivity contribution in [1.29, 1.82) is 0 Å². The first-order valence-electron chi connectivity index (χ1n) is 7.22. The van der Waals surface area contributed by atoms with Gasteiger partial charge in [0.1, 0.15) is 0 Å². The van der Waals surface area contributed by atoms with Crippen molar-refractivity contribution in [2.24, 2.45) is 0 Å². The first kappa shape index (κ1) is 16.6. The molecule has 1 unspecified atom stereocenters. The Kier molecular flexibility index (Phi) is 5.43. The highest BCUT2D eigenvalue weighted by atomic mass is 16.6. The summed E-state index contributed by atoms with van der Waals surface area (Å²) in [4.78, 5) is 23.0. The number of nitro groups is 1. The molecule has 0 bridgehead atoms. The summed E-state index contributed by atoms with van der Waals surface area (Å²) >= 11 is 0. The largest absolute Gasteiger partial charge is 0.367 e. The Morgan fingerprint density at radius 2 is 1.96 bits per heavy atom. The summed E-state index contributed by atoms with van der Waals surface area (Å²) < 4.78 is 5.25. The van der Waals surface area contributed by atoms with Gasteiger partial charge in [-0.25, -0.2) is 0 Å². The van der Waals surface area contributed by atoms with Crippen LogP contribution in [0.1, 0.15) is 24.2 Å². The van der Waals surface area contributed by atoms with Crippen molar-refractivity contribution in [2.75, 3.05) is 12.4 Å². The van der Waals surface area contributed by atoms with Crippen LogP contribution in [0.4, 0.5) is 11.4 Å². The van der Waals surface area contributed by atoms with Crippen LogP contribution in [0.25, 0.3) is 0 Å². The van der Waals surface area contributed by atoms with Gasteiger partial charge in [-0.2, -0.15) is 0 Å². The molecule has 1 N–H and O–H groups in total. The number of carbonyl (C=O) groups is 1. The molecule has 6 nitrogen and oxygen atoms in total. The Bertz CT molecular complexity index is 701. The molecule has 0 saturated heterocycles. The summed E-state index contributed by atoms with van der Waals surface area (Å²) in [5.41, 5.74) is 1.71. The Hall–Kier alpha value is -2.73. The standard InChI is InChI=1S/C17H18N2O4/c1-3-12-9-10-14(11-15(12)19(21)22)18-17(20)16(23-2)13-7-5-4-6-8-13/h4-11,16H,3H2,1-2H3,(H,18,20). The van der Waals surface area contributed by atoms with Gasteiger partial charge < -0.3 is 10.1 Å². The molecule has 0 spiro atoms. The maximum atomic E-state index is 12.4. The van der Waals surface area contributed by atoms with Crippen LogP contribution >= 0.6 is 0 Å². The maximum absolute atomic E-state index is 12.4. The summed E-state index contributed by atoms with van der Waals surface area (Å²) in [7, 11) is 1.44. The Morgan fingerprint density at radius 3 is 2.52 bits per heavy atom. The second-order valence-electron chi connectivity index (χ2n) is 4.97.